The van der Waals surface area contributed by atoms with Crippen molar-refractivity contribution in [2.45, 2.75) is 38.8 Å². The molecular weight excluding hydrogens is 432 g/mol. The number of aryl methyl sites for hydroxylation is 1. The Labute approximate surface area is 196 Å². The summed E-state index contributed by atoms with van der Waals surface area (Å²) >= 11 is 0. The number of fused-ring (bicyclic) bond motifs is 2. The van der Waals surface area contributed by atoms with Gasteiger partial charge in [0.2, 0.25) is 0 Å². The fourth-order valence-electron chi connectivity index (χ4n) is 4.29. The Morgan fingerprint density at radius 3 is 2.71 bits per heavy atom. The fourth-order valence-corrected chi connectivity index (χ4v) is 4.29. The van der Waals surface area contributed by atoms with Crippen LogP contribution in [0.2, 0.25) is 0 Å². The third-order valence-electron chi connectivity index (χ3n) is 6.09. The number of rotatable bonds is 6. The van der Waals surface area contributed by atoms with E-state index in [-0.39, 0.29) is 11.3 Å². The van der Waals surface area contributed by atoms with E-state index in [0.717, 1.165) is 54.6 Å². The third-order valence-corrected chi connectivity index (χ3v) is 6.09. The summed E-state index contributed by atoms with van der Waals surface area (Å²) in [7, 11) is 0. The molecule has 1 aliphatic heterocycles. The standard InChI is InChI=1S/C25H24N6O3/c32-25(27-20-11-9-17-6-3-4-7-18(17)14-20)19-10-12-21(22(15-19)31(33)34)26-16-24-29-28-23-8-2-1-5-13-30(23)24/h3-4,6-7,9-12,14-15,26H,1-2,5,8,13,16H2,(H,27,32). The molecule has 0 saturated heterocycles. The Morgan fingerprint density at radius 1 is 1.00 bits per heavy atom. The smallest absolute Gasteiger partial charge is 0.293 e. The van der Waals surface area contributed by atoms with Gasteiger partial charge in [0, 0.05) is 30.3 Å². The zero-order valence-electron chi connectivity index (χ0n) is 18.5. The van der Waals surface area contributed by atoms with Crippen molar-refractivity contribution < 1.29 is 9.72 Å². The molecule has 0 aliphatic carbocycles. The number of carbonyl (C=O) groups is 1. The summed E-state index contributed by atoms with van der Waals surface area (Å²) in [4.78, 5) is 24.1. The number of amides is 1. The van der Waals surface area contributed by atoms with Gasteiger partial charge in [-0.05, 0) is 47.9 Å². The Morgan fingerprint density at radius 2 is 1.85 bits per heavy atom. The van der Waals surface area contributed by atoms with E-state index < -0.39 is 10.8 Å². The lowest BCUT2D eigenvalue weighted by Gasteiger charge is -2.11. The van der Waals surface area contributed by atoms with Gasteiger partial charge in [-0.1, -0.05) is 36.8 Å². The van der Waals surface area contributed by atoms with Gasteiger partial charge in [0.15, 0.2) is 5.82 Å². The van der Waals surface area contributed by atoms with E-state index in [2.05, 4.69) is 25.4 Å². The molecule has 0 atom stereocenters. The molecule has 1 amide bonds. The summed E-state index contributed by atoms with van der Waals surface area (Å²) < 4.78 is 2.09. The van der Waals surface area contributed by atoms with Crippen molar-refractivity contribution in [1.29, 1.82) is 0 Å². The molecule has 0 saturated carbocycles. The minimum atomic E-state index is -0.487. The Kier molecular flexibility index (Phi) is 5.90. The van der Waals surface area contributed by atoms with E-state index in [1.54, 1.807) is 12.1 Å². The number of nitrogens with one attached hydrogen (secondary N) is 2. The van der Waals surface area contributed by atoms with Crippen LogP contribution >= 0.6 is 0 Å². The van der Waals surface area contributed by atoms with Gasteiger partial charge in [-0.15, -0.1) is 10.2 Å². The highest BCUT2D eigenvalue weighted by Crippen LogP contribution is 2.27. The average Bonchev–Trinajstić information content (AvgIpc) is 3.08. The second kappa shape index (κ2) is 9.30. The van der Waals surface area contributed by atoms with Crippen molar-refractivity contribution in [2.75, 3.05) is 10.6 Å². The van der Waals surface area contributed by atoms with E-state index in [9.17, 15) is 14.9 Å². The molecule has 5 rings (SSSR count). The molecule has 0 spiro atoms. The minimum absolute atomic E-state index is 0.165. The van der Waals surface area contributed by atoms with Crippen molar-refractivity contribution in [1.82, 2.24) is 14.8 Å². The van der Waals surface area contributed by atoms with Crippen molar-refractivity contribution in [2.24, 2.45) is 0 Å². The van der Waals surface area contributed by atoms with Crippen molar-refractivity contribution in [3.05, 3.63) is 88.0 Å². The van der Waals surface area contributed by atoms with Crippen molar-refractivity contribution >= 4 is 33.7 Å². The Hall–Kier alpha value is -4.27. The second-order valence-corrected chi connectivity index (χ2v) is 8.35. The summed E-state index contributed by atoms with van der Waals surface area (Å²) in [6.07, 6.45) is 4.22. The van der Waals surface area contributed by atoms with Gasteiger partial charge in [0.05, 0.1) is 11.5 Å². The largest absolute Gasteiger partial charge is 0.372 e. The van der Waals surface area contributed by atoms with Crippen LogP contribution in [0.5, 0.6) is 0 Å². The van der Waals surface area contributed by atoms with Crippen molar-refractivity contribution in [3.8, 4) is 0 Å². The lowest BCUT2D eigenvalue weighted by Crippen LogP contribution is -2.13. The average molecular weight is 457 g/mol. The molecule has 4 aromatic rings. The fraction of sp³-hybridized carbons (Fsp3) is 0.240. The number of nitro benzene ring substituents is 1. The number of hydrogen-bond donors (Lipinski definition) is 2. The number of carbonyl (C=O) groups excluding carboxylic acids is 1. The van der Waals surface area contributed by atoms with Gasteiger partial charge < -0.3 is 15.2 Å². The van der Waals surface area contributed by atoms with Crippen LogP contribution < -0.4 is 10.6 Å². The molecule has 9 heteroatoms. The van der Waals surface area contributed by atoms with Gasteiger partial charge in [0.25, 0.3) is 11.6 Å². The summed E-state index contributed by atoms with van der Waals surface area (Å²) in [6, 6.07) is 17.9. The lowest BCUT2D eigenvalue weighted by atomic mass is 10.1. The van der Waals surface area contributed by atoms with Crippen LogP contribution in [-0.4, -0.2) is 25.6 Å². The van der Waals surface area contributed by atoms with Gasteiger partial charge in [-0.25, -0.2) is 0 Å². The van der Waals surface area contributed by atoms with Crippen LogP contribution in [0.15, 0.2) is 60.7 Å². The molecule has 1 aromatic heterocycles. The van der Waals surface area contributed by atoms with E-state index in [1.165, 1.54) is 6.07 Å². The molecule has 0 bridgehead atoms. The zero-order chi connectivity index (χ0) is 23.5. The van der Waals surface area contributed by atoms with Crippen LogP contribution in [-0.2, 0) is 19.5 Å². The number of benzene rings is 3. The highest BCUT2D eigenvalue weighted by Gasteiger charge is 2.20. The molecule has 2 heterocycles. The predicted molar refractivity (Wildman–Crippen MR) is 130 cm³/mol. The first-order chi connectivity index (χ1) is 16.6. The number of aromatic nitrogens is 3. The number of hydrogen-bond acceptors (Lipinski definition) is 6. The molecule has 2 N–H and O–H groups in total. The van der Waals surface area contributed by atoms with Crippen LogP contribution in [0.1, 0.15) is 41.3 Å². The molecule has 1 aliphatic rings. The van der Waals surface area contributed by atoms with Crippen LogP contribution in [0.25, 0.3) is 10.8 Å². The number of nitro groups is 1. The Bertz CT molecular complexity index is 1380. The minimum Gasteiger partial charge on any atom is -0.372 e. The highest BCUT2D eigenvalue weighted by molar-refractivity contribution is 6.06. The molecule has 3 aromatic carbocycles. The van der Waals surface area contributed by atoms with Gasteiger partial charge >= 0.3 is 0 Å². The van der Waals surface area contributed by atoms with E-state index in [4.69, 9.17) is 0 Å². The molecule has 0 fully saturated rings. The highest BCUT2D eigenvalue weighted by atomic mass is 16.6. The van der Waals surface area contributed by atoms with E-state index in [0.29, 0.717) is 17.9 Å². The summed E-state index contributed by atoms with van der Waals surface area (Å²) in [6.45, 7) is 1.17. The SMILES string of the molecule is O=C(Nc1ccc2ccccc2c1)c1ccc(NCc2nnc3n2CCCCC3)c([N+](=O)[O-])c1. The number of nitrogens with zero attached hydrogens (tertiary/aromatic N) is 4. The zero-order valence-corrected chi connectivity index (χ0v) is 18.5. The summed E-state index contributed by atoms with van der Waals surface area (Å²) in [5, 5.41) is 28.3. The second-order valence-electron chi connectivity index (χ2n) is 8.35. The predicted octanol–water partition coefficient (Wildman–Crippen LogP) is 4.93. The van der Waals surface area contributed by atoms with Crippen LogP contribution in [0, 0.1) is 10.1 Å². The monoisotopic (exact) mass is 456 g/mol. The maximum atomic E-state index is 12.8. The van der Waals surface area contributed by atoms with E-state index in [1.807, 2.05) is 42.5 Å². The van der Waals surface area contributed by atoms with Crippen LogP contribution in [0.3, 0.4) is 0 Å². The topological polar surface area (TPSA) is 115 Å². The molecular formula is C25H24N6O3. The van der Waals surface area contributed by atoms with Gasteiger partial charge in [-0.2, -0.15) is 0 Å². The van der Waals surface area contributed by atoms with Gasteiger partial charge in [0.1, 0.15) is 11.5 Å². The molecule has 34 heavy (non-hydrogen) atoms. The normalized spacial score (nSPS) is 13.2. The van der Waals surface area contributed by atoms with E-state index >= 15 is 0 Å². The molecule has 0 unspecified atom stereocenters. The molecule has 172 valence electrons. The summed E-state index contributed by atoms with van der Waals surface area (Å²) in [5.41, 5.74) is 1.00. The first-order valence-corrected chi connectivity index (χ1v) is 11.3. The molecule has 9 nitrogen and oxygen atoms in total. The quantitative estimate of drug-likeness (QED) is 0.314. The first-order valence-electron chi connectivity index (χ1n) is 11.3. The van der Waals surface area contributed by atoms with Crippen LogP contribution in [0.4, 0.5) is 17.1 Å². The van der Waals surface area contributed by atoms with Crippen molar-refractivity contribution in [3.63, 3.8) is 0 Å². The Balaban J connectivity index is 1.33. The number of anilines is 2. The maximum Gasteiger partial charge on any atom is 0.293 e. The first kappa shape index (κ1) is 21.6. The third kappa shape index (κ3) is 4.45. The molecule has 0 radical (unpaired) electrons. The maximum absolute atomic E-state index is 12.8. The van der Waals surface area contributed by atoms with Gasteiger partial charge in [-0.3, -0.25) is 14.9 Å². The summed E-state index contributed by atoms with van der Waals surface area (Å²) in [5.74, 6) is 1.31. The lowest BCUT2D eigenvalue weighted by molar-refractivity contribution is -0.384.